The van der Waals surface area contributed by atoms with E-state index in [1.54, 1.807) is 0 Å². The first-order valence-corrected chi connectivity index (χ1v) is 12.8. The highest BCUT2D eigenvalue weighted by Gasteiger charge is 2.51. The Kier molecular flexibility index (Phi) is 5.61. The summed E-state index contributed by atoms with van der Waals surface area (Å²) in [7, 11) is -5.32. The lowest BCUT2D eigenvalue weighted by atomic mass is 9.77. The maximum absolute atomic E-state index is 12.9. The smallest absolute Gasteiger partial charge is 0.324 e. The molecule has 0 bridgehead atoms. The number of halogens is 3. The predicted molar refractivity (Wildman–Crippen MR) is 115 cm³/mol. The number of H-pyrrole nitrogens is 1. The molecule has 2 aromatic rings. The lowest BCUT2D eigenvalue weighted by molar-refractivity contribution is -0.0436. The molecule has 2 amide bonds. The third kappa shape index (κ3) is 4.16. The fourth-order valence-corrected chi connectivity index (χ4v) is 6.49. The van der Waals surface area contributed by atoms with Crippen LogP contribution in [0.15, 0.2) is 35.5 Å². The van der Waals surface area contributed by atoms with E-state index in [0.29, 0.717) is 25.4 Å². The zero-order chi connectivity index (χ0) is 24.1. The Morgan fingerprint density at radius 1 is 1.15 bits per heavy atom. The summed E-state index contributed by atoms with van der Waals surface area (Å²) in [4.78, 5) is 20.2. The molecule has 184 valence electrons. The number of carbonyl (C=O) groups is 1. The van der Waals surface area contributed by atoms with Gasteiger partial charge in [0.05, 0.1) is 4.90 Å². The van der Waals surface area contributed by atoms with Gasteiger partial charge >= 0.3 is 11.5 Å². The molecule has 1 aromatic carbocycles. The molecule has 34 heavy (non-hydrogen) atoms. The summed E-state index contributed by atoms with van der Waals surface area (Å²) < 4.78 is 61.2. The van der Waals surface area contributed by atoms with Gasteiger partial charge in [-0.05, 0) is 55.7 Å². The number of hydrogen-bond donors (Lipinski definition) is 1. The van der Waals surface area contributed by atoms with Gasteiger partial charge in [0.2, 0.25) is 0 Å². The molecule has 3 heterocycles. The van der Waals surface area contributed by atoms with E-state index < -0.39 is 20.2 Å². The third-order valence-electron chi connectivity index (χ3n) is 7.47. The highest BCUT2D eigenvalue weighted by atomic mass is 32.2. The van der Waals surface area contributed by atoms with Gasteiger partial charge in [0.1, 0.15) is 12.2 Å². The summed E-state index contributed by atoms with van der Waals surface area (Å²) in [6.45, 7) is 2.81. The van der Waals surface area contributed by atoms with Crippen molar-refractivity contribution in [1.29, 1.82) is 0 Å². The lowest BCUT2D eigenvalue weighted by Gasteiger charge is -2.49. The normalized spacial score (nSPS) is 24.6. The minimum atomic E-state index is -5.32. The van der Waals surface area contributed by atoms with Crippen molar-refractivity contribution in [2.75, 3.05) is 26.2 Å². The minimum absolute atomic E-state index is 0.0672. The number of amides is 2. The number of sulfone groups is 1. The van der Waals surface area contributed by atoms with Crippen LogP contribution in [-0.2, 0) is 16.3 Å². The lowest BCUT2D eigenvalue weighted by Crippen LogP contribution is -2.60. The molecular weight excluding hydrogens is 471 g/mol. The van der Waals surface area contributed by atoms with Crippen LogP contribution in [-0.4, -0.2) is 71.1 Å². The molecule has 1 aliphatic carbocycles. The van der Waals surface area contributed by atoms with Gasteiger partial charge in [-0.1, -0.05) is 12.1 Å². The zero-order valence-corrected chi connectivity index (χ0v) is 19.3. The number of alkyl halides is 3. The Bertz CT molecular complexity index is 1150. The van der Waals surface area contributed by atoms with Crippen molar-refractivity contribution in [2.45, 2.75) is 48.4 Å². The van der Waals surface area contributed by atoms with Crippen LogP contribution >= 0.6 is 0 Å². The van der Waals surface area contributed by atoms with Gasteiger partial charge in [-0.15, -0.1) is 0 Å². The first-order chi connectivity index (χ1) is 16.1. The number of carbonyl (C=O) groups excluding carboxylic acids is 1. The Balaban J connectivity index is 1.12. The van der Waals surface area contributed by atoms with Crippen LogP contribution in [0.2, 0.25) is 0 Å². The van der Waals surface area contributed by atoms with E-state index in [-0.39, 0.29) is 17.4 Å². The van der Waals surface area contributed by atoms with E-state index >= 15 is 0 Å². The number of urea groups is 1. The van der Waals surface area contributed by atoms with Crippen LogP contribution in [0.1, 0.15) is 43.0 Å². The van der Waals surface area contributed by atoms with Crippen molar-refractivity contribution in [1.82, 2.24) is 25.0 Å². The molecule has 2 saturated heterocycles. The quantitative estimate of drug-likeness (QED) is 0.699. The summed E-state index contributed by atoms with van der Waals surface area (Å²) in [5, 5.41) is 6.77. The Labute approximate surface area is 195 Å². The van der Waals surface area contributed by atoms with Crippen molar-refractivity contribution in [3.63, 3.8) is 0 Å². The molecule has 12 heteroatoms. The van der Waals surface area contributed by atoms with Gasteiger partial charge < -0.3 is 9.80 Å². The summed E-state index contributed by atoms with van der Waals surface area (Å²) in [5.41, 5.74) is -4.36. The Morgan fingerprint density at radius 2 is 1.88 bits per heavy atom. The van der Waals surface area contributed by atoms with Crippen LogP contribution in [0.5, 0.6) is 0 Å². The predicted octanol–water partition coefficient (Wildman–Crippen LogP) is 3.35. The second-order valence-electron chi connectivity index (χ2n) is 9.85. The largest absolute Gasteiger partial charge is 0.501 e. The second-order valence-corrected chi connectivity index (χ2v) is 11.8. The van der Waals surface area contributed by atoms with Crippen LogP contribution in [0.25, 0.3) is 0 Å². The number of aromatic nitrogens is 3. The number of aromatic amines is 1. The molecule has 1 N–H and O–H groups in total. The van der Waals surface area contributed by atoms with Crippen molar-refractivity contribution in [3.05, 3.63) is 42.0 Å². The molecule has 5 rings (SSSR count). The van der Waals surface area contributed by atoms with Crippen molar-refractivity contribution in [2.24, 2.45) is 11.3 Å². The van der Waals surface area contributed by atoms with E-state index in [4.69, 9.17) is 0 Å². The van der Waals surface area contributed by atoms with Gasteiger partial charge in [-0.25, -0.2) is 18.2 Å². The Morgan fingerprint density at radius 3 is 2.53 bits per heavy atom. The van der Waals surface area contributed by atoms with Crippen LogP contribution in [0, 0.1) is 11.3 Å². The average molecular weight is 498 g/mol. The fourth-order valence-electron chi connectivity index (χ4n) is 5.73. The van der Waals surface area contributed by atoms with Gasteiger partial charge in [-0.3, -0.25) is 5.10 Å². The number of hydrogen-bond acceptors (Lipinski definition) is 5. The molecule has 3 aliphatic rings. The first-order valence-electron chi connectivity index (χ1n) is 11.4. The molecular formula is C22H26F3N5O3S. The fraction of sp³-hybridized carbons (Fsp3) is 0.591. The Hall–Kier alpha value is -2.63. The van der Waals surface area contributed by atoms with Crippen molar-refractivity contribution >= 4 is 15.9 Å². The molecule has 1 saturated carbocycles. The van der Waals surface area contributed by atoms with E-state index in [0.717, 1.165) is 62.3 Å². The average Bonchev–Trinajstić information content (AvgIpc) is 3.51. The molecule has 1 spiro atoms. The topological polar surface area (TPSA) is 99.3 Å². The molecule has 0 radical (unpaired) electrons. The number of benzene rings is 1. The third-order valence-corrected chi connectivity index (χ3v) is 8.97. The molecule has 1 aromatic heterocycles. The molecule has 3 fully saturated rings. The van der Waals surface area contributed by atoms with E-state index in [1.807, 2.05) is 9.80 Å². The molecule has 8 nitrogen and oxygen atoms in total. The first kappa shape index (κ1) is 23.1. The maximum atomic E-state index is 12.9. The SMILES string of the molecule is O=C(N1CC[C@H](c2ncn[nH]2)C1)N1CC2(CC[C@@H](Cc3ccc(S(=O)(=O)C(F)(F)F)cc3)C2)C1. The van der Waals surface area contributed by atoms with Gasteiger partial charge in [0.25, 0.3) is 9.84 Å². The van der Waals surface area contributed by atoms with E-state index in [2.05, 4.69) is 15.2 Å². The van der Waals surface area contributed by atoms with Gasteiger partial charge in [-0.2, -0.15) is 18.3 Å². The maximum Gasteiger partial charge on any atom is 0.501 e. The highest BCUT2D eigenvalue weighted by Crippen LogP contribution is 2.49. The minimum Gasteiger partial charge on any atom is -0.324 e. The van der Waals surface area contributed by atoms with Crippen LogP contribution < -0.4 is 0 Å². The monoisotopic (exact) mass is 497 g/mol. The summed E-state index contributed by atoms with van der Waals surface area (Å²) in [5.74, 6) is 1.37. The van der Waals surface area contributed by atoms with Crippen LogP contribution in [0.4, 0.5) is 18.0 Å². The second kappa shape index (κ2) is 8.24. The van der Waals surface area contributed by atoms with E-state index in [9.17, 15) is 26.4 Å². The van der Waals surface area contributed by atoms with Crippen molar-refractivity contribution < 1.29 is 26.4 Å². The van der Waals surface area contributed by atoms with E-state index in [1.165, 1.54) is 18.5 Å². The number of likely N-dealkylation sites (tertiary alicyclic amines) is 2. The van der Waals surface area contributed by atoms with Crippen LogP contribution in [0.3, 0.4) is 0 Å². The molecule has 0 unspecified atom stereocenters. The summed E-state index contributed by atoms with van der Waals surface area (Å²) >= 11 is 0. The molecule has 2 atom stereocenters. The standard InChI is InChI=1S/C22H26F3N5O3S/c23-22(24,25)34(32,33)18-3-1-15(2-4-18)9-16-5-7-21(10-16)12-30(13-21)20(31)29-8-6-17(11-29)19-26-14-27-28-19/h1-4,14,16-17H,5-13H2,(H,26,27,28)/t16-,17-/m0/s1. The number of nitrogens with one attached hydrogen (secondary N) is 1. The summed E-state index contributed by atoms with van der Waals surface area (Å²) in [6, 6.07) is 5.08. The van der Waals surface area contributed by atoms with Gasteiger partial charge in [0.15, 0.2) is 0 Å². The van der Waals surface area contributed by atoms with Crippen molar-refractivity contribution in [3.8, 4) is 0 Å². The number of rotatable bonds is 4. The highest BCUT2D eigenvalue weighted by molar-refractivity contribution is 7.92. The summed E-state index contributed by atoms with van der Waals surface area (Å²) in [6.07, 6.45) is 6.00. The number of nitrogens with zero attached hydrogens (tertiary/aromatic N) is 4. The zero-order valence-electron chi connectivity index (χ0n) is 18.5. The van der Waals surface area contributed by atoms with Gasteiger partial charge in [0, 0.05) is 37.5 Å². The molecule has 2 aliphatic heterocycles.